The Kier molecular flexibility index (Phi) is 4.06. The van der Waals surface area contributed by atoms with Crippen molar-refractivity contribution in [1.29, 1.82) is 0 Å². The van der Waals surface area contributed by atoms with E-state index in [1.807, 2.05) is 41.5 Å². The summed E-state index contributed by atoms with van der Waals surface area (Å²) in [6.07, 6.45) is 0.0576. The van der Waals surface area contributed by atoms with Gasteiger partial charge in [0.1, 0.15) is 24.1 Å². The second-order valence-corrected chi connectivity index (χ2v) is 7.16. The van der Waals surface area contributed by atoms with Gasteiger partial charge in [0, 0.05) is 6.42 Å². The fraction of sp³-hybridized carbons (Fsp3) is 0.867. The van der Waals surface area contributed by atoms with Gasteiger partial charge in [0.2, 0.25) is 0 Å². The summed E-state index contributed by atoms with van der Waals surface area (Å²) in [7, 11) is 0. The van der Waals surface area contributed by atoms with Crippen molar-refractivity contribution in [3.05, 3.63) is 0 Å². The number of amides is 1. The molecule has 0 unspecified atom stereocenters. The van der Waals surface area contributed by atoms with Gasteiger partial charge in [-0.2, -0.15) is 0 Å². The molecule has 6 heteroatoms. The zero-order valence-electron chi connectivity index (χ0n) is 13.6. The van der Waals surface area contributed by atoms with E-state index >= 15 is 0 Å². The van der Waals surface area contributed by atoms with E-state index in [9.17, 15) is 9.59 Å². The Morgan fingerprint density at radius 1 is 1.29 bits per heavy atom. The summed E-state index contributed by atoms with van der Waals surface area (Å²) in [6.45, 7) is 11.0. The molecule has 21 heavy (non-hydrogen) atoms. The molecule has 0 saturated carbocycles. The summed E-state index contributed by atoms with van der Waals surface area (Å²) < 4.78 is 17.2. The standard InChI is InChI=1S/C15H25NO5/c1-9-11-12(20-15(5,6)19-11)10(7-8-17)16(9)13(18)21-14(2,3)4/h8-12H,7H2,1-6H3/t9-,10+,11+,12-/m0/s1. The second kappa shape index (κ2) is 5.25. The molecule has 0 bridgehead atoms. The number of carbonyl (C=O) groups excluding carboxylic acids is 2. The largest absolute Gasteiger partial charge is 0.444 e. The number of likely N-dealkylation sites (tertiary alicyclic amines) is 1. The lowest BCUT2D eigenvalue weighted by atomic mass is 10.1. The molecule has 6 nitrogen and oxygen atoms in total. The van der Waals surface area contributed by atoms with Crippen molar-refractivity contribution in [1.82, 2.24) is 4.90 Å². The Morgan fingerprint density at radius 3 is 2.38 bits per heavy atom. The monoisotopic (exact) mass is 299 g/mol. The van der Waals surface area contributed by atoms with Crippen LogP contribution in [0.5, 0.6) is 0 Å². The summed E-state index contributed by atoms with van der Waals surface area (Å²) in [5.41, 5.74) is -0.582. The van der Waals surface area contributed by atoms with Gasteiger partial charge in [-0.15, -0.1) is 0 Å². The number of nitrogens with zero attached hydrogens (tertiary/aromatic N) is 1. The summed E-state index contributed by atoms with van der Waals surface area (Å²) in [6, 6.07) is -0.546. The first-order valence-corrected chi connectivity index (χ1v) is 7.36. The van der Waals surface area contributed by atoms with E-state index in [1.54, 1.807) is 4.90 Å². The van der Waals surface area contributed by atoms with Gasteiger partial charge < -0.3 is 19.0 Å². The Labute approximate surface area is 125 Å². The molecule has 2 aliphatic rings. The van der Waals surface area contributed by atoms with E-state index in [4.69, 9.17) is 14.2 Å². The summed E-state index contributed by atoms with van der Waals surface area (Å²) >= 11 is 0. The van der Waals surface area contributed by atoms with Crippen LogP contribution in [0.1, 0.15) is 48.0 Å². The predicted octanol–water partition coefficient (Wildman–Crippen LogP) is 2.10. The molecule has 2 saturated heterocycles. The maximum atomic E-state index is 12.4. The number of ether oxygens (including phenoxy) is 3. The number of hydrogen-bond donors (Lipinski definition) is 0. The minimum absolute atomic E-state index is 0.198. The molecule has 0 aromatic rings. The van der Waals surface area contributed by atoms with Crippen LogP contribution in [0, 0.1) is 0 Å². The first-order chi connectivity index (χ1) is 9.56. The fourth-order valence-electron chi connectivity index (χ4n) is 3.07. The Balaban J connectivity index is 2.22. The molecule has 0 N–H and O–H groups in total. The van der Waals surface area contributed by atoms with E-state index in [0.717, 1.165) is 6.29 Å². The molecular formula is C15H25NO5. The maximum Gasteiger partial charge on any atom is 0.410 e. The molecule has 2 fully saturated rings. The van der Waals surface area contributed by atoms with Gasteiger partial charge in [-0.25, -0.2) is 4.79 Å². The highest BCUT2D eigenvalue weighted by atomic mass is 16.8. The van der Waals surface area contributed by atoms with Crippen molar-refractivity contribution in [2.75, 3.05) is 0 Å². The molecule has 2 aliphatic heterocycles. The molecule has 2 heterocycles. The minimum atomic E-state index is -0.690. The summed E-state index contributed by atoms with van der Waals surface area (Å²) in [5.74, 6) is -0.690. The third-order valence-corrected chi connectivity index (χ3v) is 3.76. The first-order valence-electron chi connectivity index (χ1n) is 7.36. The SMILES string of the molecule is C[C@H]1[C@H]2OC(C)(C)O[C@H]2[C@@H](CC=O)N1C(=O)OC(C)(C)C. The highest BCUT2D eigenvalue weighted by molar-refractivity contribution is 5.70. The van der Waals surface area contributed by atoms with E-state index < -0.39 is 17.5 Å². The Hall–Kier alpha value is -1.14. The highest BCUT2D eigenvalue weighted by Gasteiger charge is 2.58. The zero-order valence-corrected chi connectivity index (χ0v) is 13.6. The van der Waals surface area contributed by atoms with Crippen molar-refractivity contribution in [3.8, 4) is 0 Å². The van der Waals surface area contributed by atoms with Crippen LogP contribution in [0.4, 0.5) is 4.79 Å². The smallest absolute Gasteiger partial charge is 0.410 e. The van der Waals surface area contributed by atoms with Crippen LogP contribution in [-0.4, -0.2) is 53.0 Å². The fourth-order valence-corrected chi connectivity index (χ4v) is 3.07. The van der Waals surface area contributed by atoms with Gasteiger partial charge in [0.25, 0.3) is 0 Å². The van der Waals surface area contributed by atoms with E-state index in [-0.39, 0.29) is 30.7 Å². The predicted molar refractivity (Wildman–Crippen MR) is 75.8 cm³/mol. The minimum Gasteiger partial charge on any atom is -0.444 e. The normalized spacial score (nSPS) is 34.7. The number of hydrogen-bond acceptors (Lipinski definition) is 5. The lowest BCUT2D eigenvalue weighted by Crippen LogP contribution is -2.47. The Morgan fingerprint density at radius 2 is 1.86 bits per heavy atom. The molecule has 0 radical (unpaired) electrons. The number of aldehydes is 1. The second-order valence-electron chi connectivity index (χ2n) is 7.16. The van der Waals surface area contributed by atoms with Gasteiger partial charge in [0.15, 0.2) is 5.79 Å². The molecule has 1 amide bonds. The average Bonchev–Trinajstić information content (AvgIpc) is 2.72. The van der Waals surface area contributed by atoms with Crippen LogP contribution >= 0.6 is 0 Å². The quantitative estimate of drug-likeness (QED) is 0.731. The van der Waals surface area contributed by atoms with Crippen molar-refractivity contribution in [2.45, 2.75) is 83.6 Å². The van der Waals surface area contributed by atoms with Crippen LogP contribution in [-0.2, 0) is 19.0 Å². The summed E-state index contributed by atoms with van der Waals surface area (Å²) in [4.78, 5) is 25.0. The maximum absolute atomic E-state index is 12.4. The molecule has 0 aliphatic carbocycles. The topological polar surface area (TPSA) is 65.1 Å². The molecular weight excluding hydrogens is 274 g/mol. The van der Waals surface area contributed by atoms with Crippen LogP contribution in [0.15, 0.2) is 0 Å². The van der Waals surface area contributed by atoms with Crippen LogP contribution < -0.4 is 0 Å². The van der Waals surface area contributed by atoms with E-state index in [0.29, 0.717) is 0 Å². The van der Waals surface area contributed by atoms with Gasteiger partial charge >= 0.3 is 6.09 Å². The molecule has 0 spiro atoms. The third-order valence-electron chi connectivity index (χ3n) is 3.76. The molecule has 0 aromatic carbocycles. The van der Waals surface area contributed by atoms with Gasteiger partial charge in [-0.05, 0) is 41.5 Å². The number of rotatable bonds is 2. The van der Waals surface area contributed by atoms with Crippen molar-refractivity contribution in [3.63, 3.8) is 0 Å². The van der Waals surface area contributed by atoms with Gasteiger partial charge in [-0.3, -0.25) is 4.90 Å². The number of carbonyl (C=O) groups is 2. The van der Waals surface area contributed by atoms with Crippen molar-refractivity contribution < 1.29 is 23.8 Å². The van der Waals surface area contributed by atoms with Crippen molar-refractivity contribution in [2.24, 2.45) is 0 Å². The number of fused-ring (bicyclic) bond motifs is 1. The Bertz CT molecular complexity index is 428. The molecule has 0 aromatic heterocycles. The third kappa shape index (κ3) is 3.21. The molecule has 2 rings (SSSR count). The van der Waals surface area contributed by atoms with Crippen LogP contribution in [0.25, 0.3) is 0 Å². The zero-order chi connectivity index (χ0) is 16.0. The average molecular weight is 299 g/mol. The van der Waals surface area contributed by atoms with Crippen molar-refractivity contribution >= 4 is 12.4 Å². The lowest BCUT2D eigenvalue weighted by Gasteiger charge is -2.33. The van der Waals surface area contributed by atoms with E-state index in [1.165, 1.54) is 0 Å². The molecule has 4 atom stereocenters. The lowest BCUT2D eigenvalue weighted by molar-refractivity contribution is -0.166. The highest BCUT2D eigenvalue weighted by Crippen LogP contribution is 2.41. The molecule has 120 valence electrons. The van der Waals surface area contributed by atoms with Gasteiger partial charge in [-0.1, -0.05) is 0 Å². The van der Waals surface area contributed by atoms with Gasteiger partial charge in [0.05, 0.1) is 12.1 Å². The summed E-state index contributed by atoms with van der Waals surface area (Å²) in [5, 5.41) is 0. The van der Waals surface area contributed by atoms with Crippen LogP contribution in [0.2, 0.25) is 0 Å². The first kappa shape index (κ1) is 16.2. The van der Waals surface area contributed by atoms with E-state index in [2.05, 4.69) is 0 Å². The van der Waals surface area contributed by atoms with Crippen LogP contribution in [0.3, 0.4) is 0 Å².